The molecule has 1 aromatic rings. The summed E-state index contributed by atoms with van der Waals surface area (Å²) in [6, 6.07) is 6.15. The van der Waals surface area contributed by atoms with E-state index in [1.54, 1.807) is 12.1 Å². The van der Waals surface area contributed by atoms with Gasteiger partial charge in [-0.15, -0.1) is 0 Å². The van der Waals surface area contributed by atoms with E-state index in [-0.39, 0.29) is 6.10 Å². The number of halogens is 3. The molecule has 6 heteroatoms. The third-order valence-electron chi connectivity index (χ3n) is 5.21. The molecule has 0 bridgehead atoms. The summed E-state index contributed by atoms with van der Waals surface area (Å²) in [5, 5.41) is 0. The maximum Gasteiger partial charge on any atom is 0.416 e. The molecule has 2 atom stereocenters. The lowest BCUT2D eigenvalue weighted by molar-refractivity contribution is -0.138. The maximum atomic E-state index is 13.1. The summed E-state index contributed by atoms with van der Waals surface area (Å²) < 4.78 is 50.7. The molecule has 140 valence electrons. The van der Waals surface area contributed by atoms with Crippen LogP contribution in [0.15, 0.2) is 24.3 Å². The standard InChI is InChI=1S/C19H26F3NO2/c20-19(21,22)16-6-2-1-5-15(16)9-12-25-18-8-4-3-7-17(18)23-10-13-24-14-11-23/h1-2,5-6,17-18H,3-4,7-14H2/t17-,18-/m0/s1. The zero-order valence-corrected chi connectivity index (χ0v) is 14.4. The zero-order valence-electron chi connectivity index (χ0n) is 14.4. The molecule has 0 aromatic heterocycles. The van der Waals surface area contributed by atoms with Crippen LogP contribution in [-0.2, 0) is 22.1 Å². The highest BCUT2D eigenvalue weighted by Gasteiger charge is 2.34. The second-order valence-corrected chi connectivity index (χ2v) is 6.81. The minimum atomic E-state index is -4.31. The average molecular weight is 357 g/mol. The Bertz CT molecular complexity index is 544. The Morgan fingerprint density at radius 2 is 1.80 bits per heavy atom. The van der Waals surface area contributed by atoms with Gasteiger partial charge in [0, 0.05) is 19.1 Å². The van der Waals surface area contributed by atoms with Crippen molar-refractivity contribution in [3.05, 3.63) is 35.4 Å². The molecule has 0 spiro atoms. The first-order chi connectivity index (χ1) is 12.1. The van der Waals surface area contributed by atoms with Crippen LogP contribution in [0.2, 0.25) is 0 Å². The number of hydrogen-bond acceptors (Lipinski definition) is 3. The van der Waals surface area contributed by atoms with Crippen molar-refractivity contribution in [2.24, 2.45) is 0 Å². The van der Waals surface area contributed by atoms with E-state index in [0.29, 0.717) is 24.6 Å². The number of morpholine rings is 1. The average Bonchev–Trinajstić information content (AvgIpc) is 2.62. The van der Waals surface area contributed by atoms with Gasteiger partial charge in [-0.2, -0.15) is 13.2 Å². The summed E-state index contributed by atoms with van der Waals surface area (Å²) in [6.07, 6.45) is 0.514. The van der Waals surface area contributed by atoms with Crippen LogP contribution >= 0.6 is 0 Å². The monoisotopic (exact) mass is 357 g/mol. The molecule has 0 radical (unpaired) electrons. The van der Waals surface area contributed by atoms with Gasteiger partial charge in [0.1, 0.15) is 0 Å². The topological polar surface area (TPSA) is 21.7 Å². The van der Waals surface area contributed by atoms with Crippen molar-refractivity contribution in [1.82, 2.24) is 4.90 Å². The number of hydrogen-bond donors (Lipinski definition) is 0. The lowest BCUT2D eigenvalue weighted by Crippen LogP contribution is -2.51. The number of rotatable bonds is 5. The van der Waals surface area contributed by atoms with Crippen LogP contribution in [0.5, 0.6) is 0 Å². The van der Waals surface area contributed by atoms with Gasteiger partial charge in [-0.05, 0) is 30.9 Å². The summed E-state index contributed by atoms with van der Waals surface area (Å²) in [7, 11) is 0. The lowest BCUT2D eigenvalue weighted by atomic mass is 9.91. The molecule has 1 aliphatic heterocycles. The van der Waals surface area contributed by atoms with E-state index in [0.717, 1.165) is 51.6 Å². The molecule has 0 N–H and O–H groups in total. The molecule has 0 amide bonds. The molecule has 3 rings (SSSR count). The maximum absolute atomic E-state index is 13.1. The largest absolute Gasteiger partial charge is 0.416 e. The molecule has 1 aliphatic carbocycles. The SMILES string of the molecule is FC(F)(F)c1ccccc1CCO[C@H]1CCCC[C@@H]1N1CCOCC1. The van der Waals surface area contributed by atoms with Gasteiger partial charge in [0.05, 0.1) is 31.5 Å². The van der Waals surface area contributed by atoms with E-state index >= 15 is 0 Å². The van der Waals surface area contributed by atoms with E-state index in [1.165, 1.54) is 12.5 Å². The van der Waals surface area contributed by atoms with Crippen LogP contribution in [0.4, 0.5) is 13.2 Å². The van der Waals surface area contributed by atoms with Crippen LogP contribution in [0.25, 0.3) is 0 Å². The zero-order chi connectivity index (χ0) is 17.7. The normalized spacial score (nSPS) is 25.9. The van der Waals surface area contributed by atoms with E-state index < -0.39 is 11.7 Å². The van der Waals surface area contributed by atoms with Crippen molar-refractivity contribution < 1.29 is 22.6 Å². The van der Waals surface area contributed by atoms with Crippen LogP contribution in [0.1, 0.15) is 36.8 Å². The summed E-state index contributed by atoms with van der Waals surface area (Å²) in [5.74, 6) is 0. The highest BCUT2D eigenvalue weighted by atomic mass is 19.4. The van der Waals surface area contributed by atoms with Gasteiger partial charge in [0.25, 0.3) is 0 Å². The summed E-state index contributed by atoms with van der Waals surface area (Å²) in [5.41, 5.74) is -0.235. The highest BCUT2D eigenvalue weighted by molar-refractivity contribution is 5.29. The van der Waals surface area contributed by atoms with E-state index in [2.05, 4.69) is 4.90 Å². The first-order valence-corrected chi connectivity index (χ1v) is 9.14. The Balaban J connectivity index is 1.57. The Kier molecular flexibility index (Phi) is 6.36. The van der Waals surface area contributed by atoms with Gasteiger partial charge in [-0.1, -0.05) is 31.0 Å². The highest BCUT2D eigenvalue weighted by Crippen LogP contribution is 2.32. The molecule has 2 fully saturated rings. The third-order valence-corrected chi connectivity index (χ3v) is 5.21. The predicted octanol–water partition coefficient (Wildman–Crippen LogP) is 3.91. The smallest absolute Gasteiger partial charge is 0.379 e. The van der Waals surface area contributed by atoms with Crippen molar-refractivity contribution in [1.29, 1.82) is 0 Å². The van der Waals surface area contributed by atoms with E-state index in [4.69, 9.17) is 9.47 Å². The third kappa shape index (κ3) is 4.96. The number of alkyl halides is 3. The van der Waals surface area contributed by atoms with Gasteiger partial charge >= 0.3 is 6.18 Å². The lowest BCUT2D eigenvalue weighted by Gasteiger charge is -2.41. The molecule has 1 saturated carbocycles. The second kappa shape index (κ2) is 8.52. The quantitative estimate of drug-likeness (QED) is 0.798. The fourth-order valence-electron chi connectivity index (χ4n) is 3.93. The summed E-state index contributed by atoms with van der Waals surface area (Å²) >= 11 is 0. The summed E-state index contributed by atoms with van der Waals surface area (Å²) in [6.45, 7) is 3.67. The molecule has 1 aromatic carbocycles. The number of benzene rings is 1. The first kappa shape index (κ1) is 18.7. The molecular formula is C19H26F3NO2. The second-order valence-electron chi connectivity index (χ2n) is 6.81. The van der Waals surface area contributed by atoms with Gasteiger partial charge in [-0.3, -0.25) is 4.90 Å². The van der Waals surface area contributed by atoms with Gasteiger partial charge < -0.3 is 9.47 Å². The van der Waals surface area contributed by atoms with E-state index in [9.17, 15) is 13.2 Å². The van der Waals surface area contributed by atoms with Crippen molar-refractivity contribution in [3.8, 4) is 0 Å². The van der Waals surface area contributed by atoms with Crippen molar-refractivity contribution >= 4 is 0 Å². The van der Waals surface area contributed by atoms with Crippen molar-refractivity contribution in [2.45, 2.75) is 50.4 Å². The van der Waals surface area contributed by atoms with E-state index in [1.807, 2.05) is 0 Å². The number of ether oxygens (including phenoxy) is 2. The number of nitrogens with zero attached hydrogens (tertiary/aromatic N) is 1. The minimum Gasteiger partial charge on any atom is -0.379 e. The van der Waals surface area contributed by atoms with Gasteiger partial charge in [-0.25, -0.2) is 0 Å². The Hall–Kier alpha value is -1.11. The molecule has 25 heavy (non-hydrogen) atoms. The first-order valence-electron chi connectivity index (χ1n) is 9.14. The van der Waals surface area contributed by atoms with Crippen LogP contribution in [0, 0.1) is 0 Å². The molecule has 0 unspecified atom stereocenters. The van der Waals surface area contributed by atoms with Gasteiger partial charge in [0.2, 0.25) is 0 Å². The Morgan fingerprint density at radius 1 is 1.08 bits per heavy atom. The molecular weight excluding hydrogens is 331 g/mol. The van der Waals surface area contributed by atoms with Crippen molar-refractivity contribution in [2.75, 3.05) is 32.9 Å². The fourth-order valence-corrected chi connectivity index (χ4v) is 3.93. The Labute approximate surface area is 147 Å². The molecule has 2 aliphatic rings. The van der Waals surface area contributed by atoms with Crippen LogP contribution in [-0.4, -0.2) is 50.0 Å². The van der Waals surface area contributed by atoms with Gasteiger partial charge in [0.15, 0.2) is 0 Å². The van der Waals surface area contributed by atoms with Crippen LogP contribution < -0.4 is 0 Å². The Morgan fingerprint density at radius 3 is 2.56 bits per heavy atom. The molecule has 1 heterocycles. The van der Waals surface area contributed by atoms with Crippen molar-refractivity contribution in [3.63, 3.8) is 0 Å². The minimum absolute atomic E-state index is 0.116. The summed E-state index contributed by atoms with van der Waals surface area (Å²) in [4.78, 5) is 2.43. The predicted molar refractivity (Wildman–Crippen MR) is 89.5 cm³/mol. The molecule has 3 nitrogen and oxygen atoms in total. The fraction of sp³-hybridized carbons (Fsp3) is 0.684. The molecule has 1 saturated heterocycles. The van der Waals surface area contributed by atoms with Crippen LogP contribution in [0.3, 0.4) is 0 Å².